The summed E-state index contributed by atoms with van der Waals surface area (Å²) in [6.45, 7) is 3.49. The monoisotopic (exact) mass is 353 g/mol. The SMILES string of the molecule is CC(=O)N[C@@H]1CN(c2ccc3nc(CCl)sc3c2)C(C)(C=O)O1. The Bertz CT molecular complexity index is 766. The maximum absolute atomic E-state index is 11.6. The van der Waals surface area contributed by atoms with Crippen molar-refractivity contribution in [1.82, 2.24) is 10.3 Å². The van der Waals surface area contributed by atoms with Crippen molar-refractivity contribution >= 4 is 51.0 Å². The van der Waals surface area contributed by atoms with Crippen molar-refractivity contribution in [3.05, 3.63) is 23.2 Å². The average molecular weight is 354 g/mol. The molecular weight excluding hydrogens is 338 g/mol. The van der Waals surface area contributed by atoms with Crippen LogP contribution in [-0.4, -0.2) is 35.7 Å². The van der Waals surface area contributed by atoms with Gasteiger partial charge in [-0.15, -0.1) is 22.9 Å². The van der Waals surface area contributed by atoms with Crippen molar-refractivity contribution < 1.29 is 14.3 Å². The number of aldehydes is 1. The molecule has 1 amide bonds. The number of halogens is 1. The summed E-state index contributed by atoms with van der Waals surface area (Å²) in [4.78, 5) is 29.0. The number of anilines is 1. The number of nitrogens with zero attached hydrogens (tertiary/aromatic N) is 2. The number of ether oxygens (including phenoxy) is 1. The second-order valence-electron chi connectivity index (χ2n) is 5.48. The number of carbonyl (C=O) groups excluding carboxylic acids is 2. The van der Waals surface area contributed by atoms with E-state index in [4.69, 9.17) is 16.3 Å². The topological polar surface area (TPSA) is 71.5 Å². The molecule has 0 spiro atoms. The number of hydrogen-bond acceptors (Lipinski definition) is 6. The minimum absolute atomic E-state index is 0.199. The van der Waals surface area contributed by atoms with Crippen molar-refractivity contribution in [2.24, 2.45) is 0 Å². The molecule has 0 bridgehead atoms. The smallest absolute Gasteiger partial charge is 0.218 e. The molecule has 1 N–H and O–H groups in total. The number of carbonyl (C=O) groups is 2. The van der Waals surface area contributed by atoms with E-state index in [0.29, 0.717) is 12.4 Å². The lowest BCUT2D eigenvalue weighted by atomic mass is 10.2. The van der Waals surface area contributed by atoms with Crippen molar-refractivity contribution in [1.29, 1.82) is 0 Å². The highest BCUT2D eigenvalue weighted by Gasteiger charge is 2.43. The fourth-order valence-electron chi connectivity index (χ4n) is 2.68. The minimum atomic E-state index is -1.12. The molecule has 0 saturated carbocycles. The van der Waals surface area contributed by atoms with Gasteiger partial charge in [-0.2, -0.15) is 0 Å². The highest BCUT2D eigenvalue weighted by atomic mass is 35.5. The molecule has 6 nitrogen and oxygen atoms in total. The van der Waals surface area contributed by atoms with Gasteiger partial charge in [0.15, 0.2) is 18.2 Å². The van der Waals surface area contributed by atoms with Crippen LogP contribution in [-0.2, 0) is 20.2 Å². The Morgan fingerprint density at radius 2 is 2.43 bits per heavy atom. The molecule has 23 heavy (non-hydrogen) atoms. The Labute approximate surface area is 142 Å². The number of aromatic nitrogens is 1. The van der Waals surface area contributed by atoms with Gasteiger partial charge in [-0.1, -0.05) is 0 Å². The molecule has 1 unspecified atom stereocenters. The second-order valence-corrected chi connectivity index (χ2v) is 6.87. The van der Waals surface area contributed by atoms with Crippen LogP contribution in [0.15, 0.2) is 18.2 Å². The van der Waals surface area contributed by atoms with Gasteiger partial charge >= 0.3 is 0 Å². The lowest BCUT2D eigenvalue weighted by molar-refractivity contribution is -0.133. The predicted octanol–water partition coefficient (Wildman–Crippen LogP) is 2.25. The molecule has 0 radical (unpaired) electrons. The number of fused-ring (bicyclic) bond motifs is 1. The van der Waals surface area contributed by atoms with E-state index in [2.05, 4.69) is 10.3 Å². The summed E-state index contributed by atoms with van der Waals surface area (Å²) in [5.74, 6) is 0.174. The molecule has 8 heteroatoms. The normalized spacial score (nSPS) is 24.1. The van der Waals surface area contributed by atoms with Crippen molar-refractivity contribution in [3.63, 3.8) is 0 Å². The summed E-state index contributed by atoms with van der Waals surface area (Å²) in [6, 6.07) is 5.75. The molecule has 1 fully saturated rings. The third-order valence-corrected chi connectivity index (χ3v) is 5.12. The van der Waals surface area contributed by atoms with Crippen LogP contribution in [0.5, 0.6) is 0 Å². The zero-order chi connectivity index (χ0) is 16.6. The number of amides is 1. The first-order valence-electron chi connectivity index (χ1n) is 7.09. The number of alkyl halides is 1. The van der Waals surface area contributed by atoms with Gasteiger partial charge in [0.25, 0.3) is 0 Å². The first-order valence-corrected chi connectivity index (χ1v) is 8.44. The van der Waals surface area contributed by atoms with E-state index in [1.165, 1.54) is 18.3 Å². The Kier molecular flexibility index (Phi) is 4.27. The van der Waals surface area contributed by atoms with E-state index in [1.807, 2.05) is 23.1 Å². The first kappa shape index (κ1) is 16.2. The van der Waals surface area contributed by atoms with E-state index >= 15 is 0 Å². The number of hydrogen-bond donors (Lipinski definition) is 1. The highest BCUT2D eigenvalue weighted by molar-refractivity contribution is 7.18. The number of nitrogens with one attached hydrogen (secondary N) is 1. The molecular formula is C15H16ClN3O3S. The van der Waals surface area contributed by atoms with Crippen LogP contribution in [0.4, 0.5) is 5.69 Å². The zero-order valence-corrected chi connectivity index (χ0v) is 14.3. The molecule has 1 aromatic carbocycles. The van der Waals surface area contributed by atoms with Gasteiger partial charge in [-0.05, 0) is 25.1 Å². The molecule has 1 aromatic heterocycles. The highest BCUT2D eigenvalue weighted by Crippen LogP contribution is 2.34. The largest absolute Gasteiger partial charge is 0.333 e. The molecule has 1 saturated heterocycles. The fraction of sp³-hybridized carbons (Fsp3) is 0.400. The second kappa shape index (κ2) is 6.07. The van der Waals surface area contributed by atoms with Crippen molar-refractivity contribution in [2.45, 2.75) is 31.7 Å². The fourth-order valence-corrected chi connectivity index (χ4v) is 3.75. The quantitative estimate of drug-likeness (QED) is 0.674. The van der Waals surface area contributed by atoms with Crippen LogP contribution in [0.25, 0.3) is 10.2 Å². The van der Waals surface area contributed by atoms with Gasteiger partial charge in [0.05, 0.1) is 22.6 Å². The lowest BCUT2D eigenvalue weighted by Crippen LogP contribution is -2.43. The van der Waals surface area contributed by atoms with E-state index in [9.17, 15) is 9.59 Å². The summed E-state index contributed by atoms with van der Waals surface area (Å²) in [5, 5.41) is 3.55. The summed E-state index contributed by atoms with van der Waals surface area (Å²) in [7, 11) is 0. The molecule has 3 rings (SSSR count). The van der Waals surface area contributed by atoms with Crippen LogP contribution >= 0.6 is 22.9 Å². The van der Waals surface area contributed by atoms with Gasteiger partial charge in [-0.3, -0.25) is 9.59 Å². The van der Waals surface area contributed by atoms with Crippen molar-refractivity contribution in [3.8, 4) is 0 Å². The first-order chi connectivity index (χ1) is 10.9. The van der Waals surface area contributed by atoms with E-state index in [1.54, 1.807) is 6.92 Å². The summed E-state index contributed by atoms with van der Waals surface area (Å²) < 4.78 is 6.70. The maximum Gasteiger partial charge on any atom is 0.218 e. The molecule has 1 aliphatic rings. The summed E-state index contributed by atoms with van der Waals surface area (Å²) in [6.07, 6.45) is 0.217. The third kappa shape index (κ3) is 3.04. The van der Waals surface area contributed by atoms with Crippen LogP contribution in [0.3, 0.4) is 0 Å². The van der Waals surface area contributed by atoms with Gasteiger partial charge in [0.1, 0.15) is 5.01 Å². The lowest BCUT2D eigenvalue weighted by Gasteiger charge is -2.29. The minimum Gasteiger partial charge on any atom is -0.333 e. The van der Waals surface area contributed by atoms with Crippen LogP contribution in [0, 0.1) is 0 Å². The Morgan fingerprint density at radius 1 is 1.65 bits per heavy atom. The van der Waals surface area contributed by atoms with E-state index in [0.717, 1.165) is 27.2 Å². The summed E-state index contributed by atoms with van der Waals surface area (Å²) in [5.41, 5.74) is 0.589. The van der Waals surface area contributed by atoms with Crippen LogP contribution < -0.4 is 10.2 Å². The van der Waals surface area contributed by atoms with Crippen molar-refractivity contribution in [2.75, 3.05) is 11.4 Å². The van der Waals surface area contributed by atoms with Gasteiger partial charge in [-0.25, -0.2) is 4.98 Å². The van der Waals surface area contributed by atoms with Gasteiger partial charge in [0, 0.05) is 12.6 Å². The molecule has 2 aromatic rings. The standard InChI is InChI=1S/C15H16ClN3O3S/c1-9(21)17-13-7-19(15(2,8-20)22-13)10-3-4-11-12(5-10)23-14(6-16)18-11/h3-5,8,13H,6-7H2,1-2H3,(H,17,21)/t13-,15?/m0/s1. The maximum atomic E-state index is 11.6. The van der Waals surface area contributed by atoms with Crippen LogP contribution in [0.2, 0.25) is 0 Å². The van der Waals surface area contributed by atoms with E-state index < -0.39 is 12.0 Å². The number of rotatable bonds is 4. The average Bonchev–Trinajstić information content (AvgIpc) is 3.07. The van der Waals surface area contributed by atoms with E-state index in [-0.39, 0.29) is 5.91 Å². The Balaban J connectivity index is 1.94. The third-order valence-electron chi connectivity index (χ3n) is 3.69. The molecule has 2 atom stereocenters. The Hall–Kier alpha value is -1.70. The zero-order valence-electron chi connectivity index (χ0n) is 12.7. The van der Waals surface area contributed by atoms with Gasteiger partial charge in [0.2, 0.25) is 5.91 Å². The van der Waals surface area contributed by atoms with Crippen LogP contribution in [0.1, 0.15) is 18.9 Å². The molecule has 2 heterocycles. The number of benzene rings is 1. The predicted molar refractivity (Wildman–Crippen MR) is 89.7 cm³/mol. The molecule has 0 aliphatic carbocycles. The summed E-state index contributed by atoms with van der Waals surface area (Å²) >= 11 is 7.35. The Morgan fingerprint density at radius 3 is 3.09 bits per heavy atom. The van der Waals surface area contributed by atoms with Gasteiger partial charge < -0.3 is 15.0 Å². The number of thiazole rings is 1. The molecule has 122 valence electrons. The molecule has 1 aliphatic heterocycles.